The van der Waals surface area contributed by atoms with Crippen LogP contribution in [0.1, 0.15) is 316 Å². The molecule has 486 valence electrons. The minimum atomic E-state index is -4.77. The van der Waals surface area contributed by atoms with Gasteiger partial charge in [-0.2, -0.15) is 0 Å². The second-order valence-electron chi connectivity index (χ2n) is 23.0. The third-order valence-electron chi connectivity index (χ3n) is 14.8. The lowest BCUT2D eigenvalue weighted by molar-refractivity contribution is -0.161. The zero-order valence-corrected chi connectivity index (χ0v) is 55.0. The summed E-state index contributed by atoms with van der Waals surface area (Å²) in [6.07, 6.45) is 78.1. The first-order valence-corrected chi connectivity index (χ1v) is 36.0. The molecule has 0 rings (SSSR count). The molecule has 0 bridgehead atoms. The van der Waals surface area contributed by atoms with Gasteiger partial charge in [0.25, 0.3) is 0 Å². The molecular weight excluding hydrogens is 1070 g/mol. The van der Waals surface area contributed by atoms with Crippen LogP contribution in [0.15, 0.2) is 85.1 Å². The summed E-state index contributed by atoms with van der Waals surface area (Å²) in [6, 6.07) is 0. The van der Waals surface area contributed by atoms with Crippen molar-refractivity contribution in [2.45, 2.75) is 328 Å². The van der Waals surface area contributed by atoms with E-state index < -0.39 is 57.8 Å². The van der Waals surface area contributed by atoms with Crippen LogP contribution in [0.4, 0.5) is 0 Å². The van der Waals surface area contributed by atoms with E-state index in [0.29, 0.717) is 19.3 Å². The number of rotatable bonds is 64. The number of carbonyl (C=O) groups is 3. The van der Waals surface area contributed by atoms with Crippen molar-refractivity contribution >= 4 is 25.7 Å². The molecule has 0 aliphatic carbocycles. The third kappa shape index (κ3) is 63.2. The highest BCUT2D eigenvalue weighted by Gasteiger charge is 2.28. The first-order valence-electron chi connectivity index (χ1n) is 34.5. The maximum absolute atomic E-state index is 13.0. The van der Waals surface area contributed by atoms with Crippen LogP contribution in [0.2, 0.25) is 0 Å². The number of phosphoric acid groups is 1. The third-order valence-corrected chi connectivity index (χ3v) is 15.7. The number of esters is 3. The Labute approximate surface area is 515 Å². The van der Waals surface area contributed by atoms with Gasteiger partial charge in [-0.3, -0.25) is 23.4 Å². The molecule has 0 heterocycles. The van der Waals surface area contributed by atoms with Gasteiger partial charge >= 0.3 is 25.7 Å². The molecular formula is C72H127O11P. The topological polar surface area (TPSA) is 155 Å². The Morgan fingerprint density at radius 1 is 0.333 bits per heavy atom. The average molecular weight is 1200 g/mol. The summed E-state index contributed by atoms with van der Waals surface area (Å²) in [5, 5.41) is 9.88. The molecule has 0 aromatic rings. The van der Waals surface area contributed by atoms with Crippen molar-refractivity contribution in [2.75, 3.05) is 26.4 Å². The molecule has 0 spiro atoms. The molecule has 0 fully saturated rings. The van der Waals surface area contributed by atoms with E-state index in [1.165, 1.54) is 135 Å². The van der Waals surface area contributed by atoms with Gasteiger partial charge in [0.2, 0.25) is 0 Å². The number of allylic oxidation sites excluding steroid dienone is 14. The second kappa shape index (κ2) is 65.6. The van der Waals surface area contributed by atoms with E-state index in [4.69, 9.17) is 23.3 Å². The smallest absolute Gasteiger partial charge is 0.462 e. The van der Waals surface area contributed by atoms with Crippen LogP contribution in [0.5, 0.6) is 0 Å². The van der Waals surface area contributed by atoms with E-state index >= 15 is 0 Å². The molecule has 0 aromatic heterocycles. The highest BCUT2D eigenvalue weighted by Crippen LogP contribution is 2.43. The normalized spacial score (nSPS) is 13.7. The van der Waals surface area contributed by atoms with Gasteiger partial charge in [-0.15, -0.1) is 0 Å². The minimum absolute atomic E-state index is 0.150. The number of carbonyl (C=O) groups excluding carboxylic acids is 3. The lowest BCUT2D eigenvalue weighted by atomic mass is 10.1. The van der Waals surface area contributed by atoms with Crippen molar-refractivity contribution in [1.82, 2.24) is 0 Å². The lowest BCUT2D eigenvalue weighted by Gasteiger charge is -2.21. The molecule has 11 nitrogen and oxygen atoms in total. The fraction of sp³-hybridized carbons (Fsp3) is 0.764. The monoisotopic (exact) mass is 1200 g/mol. The molecule has 0 aliphatic rings. The van der Waals surface area contributed by atoms with Crippen LogP contribution in [0, 0.1) is 0 Å². The van der Waals surface area contributed by atoms with Crippen LogP contribution in [-0.4, -0.2) is 66.5 Å². The number of hydrogen-bond donors (Lipinski definition) is 2. The summed E-state index contributed by atoms with van der Waals surface area (Å²) in [7, 11) is -4.77. The first-order chi connectivity index (χ1) is 41.2. The highest BCUT2D eigenvalue weighted by molar-refractivity contribution is 7.47. The number of aliphatic hydroxyl groups excluding tert-OH is 1. The number of aliphatic hydroxyl groups is 1. The highest BCUT2D eigenvalue weighted by atomic mass is 31.2. The molecule has 0 aromatic carbocycles. The van der Waals surface area contributed by atoms with E-state index in [1.54, 1.807) is 0 Å². The van der Waals surface area contributed by atoms with Crippen molar-refractivity contribution in [1.29, 1.82) is 0 Å². The molecule has 0 saturated carbocycles. The molecule has 0 amide bonds. The summed E-state index contributed by atoms with van der Waals surface area (Å²) < 4.78 is 39.8. The van der Waals surface area contributed by atoms with E-state index in [9.17, 15) is 28.9 Å². The zero-order valence-electron chi connectivity index (χ0n) is 54.1. The molecule has 3 unspecified atom stereocenters. The van der Waals surface area contributed by atoms with Gasteiger partial charge in [0, 0.05) is 19.3 Å². The van der Waals surface area contributed by atoms with Crippen molar-refractivity contribution in [3.05, 3.63) is 85.1 Å². The van der Waals surface area contributed by atoms with Gasteiger partial charge < -0.3 is 24.2 Å². The van der Waals surface area contributed by atoms with Gasteiger partial charge in [0.15, 0.2) is 6.10 Å². The van der Waals surface area contributed by atoms with Crippen molar-refractivity contribution in [3.8, 4) is 0 Å². The summed E-state index contributed by atoms with van der Waals surface area (Å²) in [6.45, 7) is 4.61. The number of ether oxygens (including phenoxy) is 3. The molecule has 12 heteroatoms. The van der Waals surface area contributed by atoms with Gasteiger partial charge in [-0.05, 0) is 122 Å². The van der Waals surface area contributed by atoms with Gasteiger partial charge in [-0.1, -0.05) is 260 Å². The van der Waals surface area contributed by atoms with E-state index in [2.05, 4.69) is 106 Å². The van der Waals surface area contributed by atoms with Crippen molar-refractivity contribution < 1.29 is 52.2 Å². The first kappa shape index (κ1) is 80.7. The van der Waals surface area contributed by atoms with E-state index in [-0.39, 0.29) is 25.9 Å². The van der Waals surface area contributed by atoms with Crippen LogP contribution in [-0.2, 0) is 42.2 Å². The van der Waals surface area contributed by atoms with Crippen molar-refractivity contribution in [3.63, 3.8) is 0 Å². The number of phosphoric ester groups is 1. The molecule has 84 heavy (non-hydrogen) atoms. The summed E-state index contributed by atoms with van der Waals surface area (Å²) in [4.78, 5) is 48.9. The Hall–Kier alpha value is -3.34. The van der Waals surface area contributed by atoms with Crippen LogP contribution in [0.25, 0.3) is 0 Å². The maximum Gasteiger partial charge on any atom is 0.472 e. The number of hydrogen-bond acceptors (Lipinski definition) is 10. The SMILES string of the molecule is CCCCC/C=C\C/C=C\C/C=C\CCCCCCCCC(=O)OC(CO)COP(=O)(O)OCC(COC(=O)CCCCCCCCCCC/C=C\CCCCCCCC)OC(=O)CCCCCCCC/C=C\C/C=C\C/C=C\CCCCC. The largest absolute Gasteiger partial charge is 0.472 e. The predicted octanol–water partition coefficient (Wildman–Crippen LogP) is 21.4. The van der Waals surface area contributed by atoms with Crippen LogP contribution >= 0.6 is 7.82 Å². The fourth-order valence-corrected chi connectivity index (χ4v) is 10.3. The molecule has 0 saturated heterocycles. The average Bonchev–Trinajstić information content (AvgIpc) is 3.54. The standard InChI is InChI=1S/C72H127O11P/c1-4-7-10-13-16-19-22-25-28-31-34-37-40-43-46-49-52-55-58-61-70(74)79-65-69(83-72(76)63-60-57-54-51-48-45-42-39-36-33-30-27-24-21-18-15-12-9-6-3)67-81-84(77,78)80-66-68(64-73)82-71(75)62-59-56-53-50-47-44-41-38-35-32-29-26-23-20-17-14-11-8-5-2/h17-18,20-21,25-30,35-36,38-39,68-69,73H,4-16,19,22-24,31-34,37,40-67H2,1-3H3,(H,77,78)/b20-17-,21-18-,28-25-,29-26-,30-27-,38-35-,39-36-. The van der Waals surface area contributed by atoms with E-state index in [1.807, 2.05) is 0 Å². The summed E-state index contributed by atoms with van der Waals surface area (Å²) in [5.74, 6) is -1.48. The Bertz CT molecular complexity index is 1730. The Kier molecular flexibility index (Phi) is 63.0. The van der Waals surface area contributed by atoms with Gasteiger partial charge in [0.05, 0.1) is 19.8 Å². The Balaban J connectivity index is 4.72. The van der Waals surface area contributed by atoms with Gasteiger partial charge in [0.1, 0.15) is 12.7 Å². The van der Waals surface area contributed by atoms with Crippen LogP contribution in [0.3, 0.4) is 0 Å². The predicted molar refractivity (Wildman–Crippen MR) is 353 cm³/mol. The quantitative estimate of drug-likeness (QED) is 0.0197. The maximum atomic E-state index is 13.0. The molecule has 2 N–H and O–H groups in total. The molecule has 0 radical (unpaired) electrons. The lowest BCUT2D eigenvalue weighted by Crippen LogP contribution is -2.30. The fourth-order valence-electron chi connectivity index (χ4n) is 9.48. The molecule has 3 atom stereocenters. The van der Waals surface area contributed by atoms with E-state index in [0.717, 1.165) is 122 Å². The minimum Gasteiger partial charge on any atom is -0.462 e. The Morgan fingerprint density at radius 3 is 0.929 bits per heavy atom. The van der Waals surface area contributed by atoms with Crippen molar-refractivity contribution in [2.24, 2.45) is 0 Å². The Morgan fingerprint density at radius 2 is 0.583 bits per heavy atom. The van der Waals surface area contributed by atoms with Crippen LogP contribution < -0.4 is 0 Å². The second-order valence-corrected chi connectivity index (χ2v) is 24.4. The number of unbranched alkanes of at least 4 members (excludes halogenated alkanes) is 33. The molecule has 0 aliphatic heterocycles. The zero-order chi connectivity index (χ0) is 61.2. The van der Waals surface area contributed by atoms with Gasteiger partial charge in [-0.25, -0.2) is 4.57 Å². The summed E-state index contributed by atoms with van der Waals surface area (Å²) in [5.41, 5.74) is 0. The summed E-state index contributed by atoms with van der Waals surface area (Å²) >= 11 is 0.